The van der Waals surface area contributed by atoms with Gasteiger partial charge in [0.25, 0.3) is 0 Å². The van der Waals surface area contributed by atoms with Gasteiger partial charge >= 0.3 is 0 Å². The van der Waals surface area contributed by atoms with Crippen LogP contribution in [0, 0.1) is 0 Å². The Balaban J connectivity index is 2.45. The smallest absolute Gasteiger partial charge is 0.186 e. The predicted octanol–water partition coefficient (Wildman–Crippen LogP) is 1.76. The predicted molar refractivity (Wildman–Crippen MR) is 54.3 cm³/mol. The number of nitrogens with zero attached hydrogens (tertiary/aromatic N) is 2. The van der Waals surface area contributed by atoms with E-state index in [1.807, 2.05) is 6.92 Å². The van der Waals surface area contributed by atoms with E-state index in [0.717, 1.165) is 11.7 Å². The van der Waals surface area contributed by atoms with Gasteiger partial charge in [0, 0.05) is 6.04 Å². The third-order valence-electron chi connectivity index (χ3n) is 1.53. The molecule has 0 spiro atoms. The van der Waals surface area contributed by atoms with Gasteiger partial charge in [-0.15, -0.1) is 0 Å². The molecule has 2 unspecified atom stereocenters. The third-order valence-corrected chi connectivity index (χ3v) is 2.42. The van der Waals surface area contributed by atoms with Crippen molar-refractivity contribution in [2.24, 2.45) is 0 Å². The molecule has 0 aliphatic rings. The summed E-state index contributed by atoms with van der Waals surface area (Å²) in [6.07, 6.45) is 0.335. The standard InChI is InChI=1S/C7H12ClN3OS/c1-4(3-5(2)12)9-7-6(8)10-13-11-7/h4-5,12H,3H2,1-2H3,(H,9,11). The highest BCUT2D eigenvalue weighted by atomic mass is 35.5. The van der Waals surface area contributed by atoms with E-state index >= 15 is 0 Å². The Kier molecular flexibility index (Phi) is 3.90. The fourth-order valence-corrected chi connectivity index (χ4v) is 1.73. The molecule has 0 saturated heterocycles. The molecule has 2 N–H and O–H groups in total. The zero-order chi connectivity index (χ0) is 9.84. The highest BCUT2D eigenvalue weighted by molar-refractivity contribution is 6.99. The molecule has 0 bridgehead atoms. The molecule has 0 fully saturated rings. The van der Waals surface area contributed by atoms with E-state index in [0.29, 0.717) is 17.4 Å². The van der Waals surface area contributed by atoms with Crippen LogP contribution < -0.4 is 5.32 Å². The van der Waals surface area contributed by atoms with E-state index in [1.165, 1.54) is 0 Å². The van der Waals surface area contributed by atoms with Crippen LogP contribution in [0.1, 0.15) is 20.3 Å². The number of nitrogens with one attached hydrogen (secondary N) is 1. The first-order valence-corrected chi connectivity index (χ1v) is 5.13. The van der Waals surface area contributed by atoms with Crippen LogP contribution in [-0.2, 0) is 0 Å². The fourth-order valence-electron chi connectivity index (χ4n) is 1.07. The van der Waals surface area contributed by atoms with Crippen molar-refractivity contribution in [1.29, 1.82) is 0 Å². The number of aliphatic hydroxyl groups excluding tert-OH is 1. The average Bonchev–Trinajstić information content (AvgIpc) is 2.34. The first-order valence-electron chi connectivity index (χ1n) is 4.02. The number of halogens is 1. The Morgan fingerprint density at radius 2 is 2.23 bits per heavy atom. The van der Waals surface area contributed by atoms with Gasteiger partial charge in [0.2, 0.25) is 0 Å². The van der Waals surface area contributed by atoms with E-state index in [-0.39, 0.29) is 12.1 Å². The molecule has 0 saturated carbocycles. The number of anilines is 1. The highest BCUT2D eigenvalue weighted by Crippen LogP contribution is 2.19. The molecule has 0 aliphatic carbocycles. The van der Waals surface area contributed by atoms with Gasteiger partial charge < -0.3 is 10.4 Å². The van der Waals surface area contributed by atoms with E-state index in [1.54, 1.807) is 6.92 Å². The normalized spacial score (nSPS) is 15.4. The summed E-state index contributed by atoms with van der Waals surface area (Å²) in [7, 11) is 0. The van der Waals surface area contributed by atoms with Gasteiger partial charge in [-0.05, 0) is 20.3 Å². The lowest BCUT2D eigenvalue weighted by Crippen LogP contribution is -2.20. The summed E-state index contributed by atoms with van der Waals surface area (Å²) >= 11 is 6.80. The first kappa shape index (κ1) is 10.7. The van der Waals surface area contributed by atoms with Crippen LogP contribution in [0.2, 0.25) is 5.15 Å². The van der Waals surface area contributed by atoms with Crippen molar-refractivity contribution < 1.29 is 5.11 Å². The summed E-state index contributed by atoms with van der Waals surface area (Å²) in [4.78, 5) is 0. The van der Waals surface area contributed by atoms with E-state index in [4.69, 9.17) is 16.7 Å². The molecule has 1 aromatic heterocycles. The Labute approximate surface area is 86.3 Å². The van der Waals surface area contributed by atoms with Crippen molar-refractivity contribution in [3.05, 3.63) is 5.15 Å². The average molecular weight is 222 g/mol. The lowest BCUT2D eigenvalue weighted by Gasteiger charge is -2.14. The molecule has 1 rings (SSSR count). The Hall–Kier alpha value is -0.390. The molecular weight excluding hydrogens is 210 g/mol. The largest absolute Gasteiger partial charge is 0.393 e. The minimum Gasteiger partial charge on any atom is -0.393 e. The van der Waals surface area contributed by atoms with Gasteiger partial charge in [-0.1, -0.05) is 11.6 Å². The van der Waals surface area contributed by atoms with Crippen LogP contribution >= 0.6 is 23.3 Å². The maximum absolute atomic E-state index is 9.11. The monoisotopic (exact) mass is 221 g/mol. The molecule has 0 aliphatic heterocycles. The van der Waals surface area contributed by atoms with Crippen LogP contribution in [0.3, 0.4) is 0 Å². The number of aliphatic hydroxyl groups is 1. The summed E-state index contributed by atoms with van der Waals surface area (Å²) in [5.41, 5.74) is 0. The topological polar surface area (TPSA) is 58.0 Å². The lowest BCUT2D eigenvalue weighted by molar-refractivity contribution is 0.179. The number of aromatic nitrogens is 2. The molecule has 0 amide bonds. The van der Waals surface area contributed by atoms with Gasteiger partial charge in [-0.2, -0.15) is 8.75 Å². The van der Waals surface area contributed by atoms with Crippen LogP contribution in [0.5, 0.6) is 0 Å². The van der Waals surface area contributed by atoms with Crippen molar-refractivity contribution in [1.82, 2.24) is 8.75 Å². The summed E-state index contributed by atoms with van der Waals surface area (Å²) in [6.45, 7) is 3.71. The Morgan fingerprint density at radius 1 is 1.54 bits per heavy atom. The van der Waals surface area contributed by atoms with E-state index < -0.39 is 0 Å². The second-order valence-electron chi connectivity index (χ2n) is 3.03. The van der Waals surface area contributed by atoms with Gasteiger partial charge in [0.15, 0.2) is 11.0 Å². The SMILES string of the molecule is CC(O)CC(C)Nc1nsnc1Cl. The summed E-state index contributed by atoms with van der Waals surface area (Å²) in [5, 5.41) is 12.6. The quantitative estimate of drug-likeness (QED) is 0.814. The van der Waals surface area contributed by atoms with Crippen LogP contribution in [0.4, 0.5) is 5.82 Å². The molecule has 13 heavy (non-hydrogen) atoms. The zero-order valence-corrected chi connectivity index (χ0v) is 9.06. The minimum absolute atomic E-state index is 0.140. The first-order chi connectivity index (χ1) is 6.09. The third kappa shape index (κ3) is 3.46. The van der Waals surface area contributed by atoms with Crippen molar-refractivity contribution in [2.75, 3.05) is 5.32 Å². The lowest BCUT2D eigenvalue weighted by atomic mass is 10.1. The Bertz CT molecular complexity index is 266. The van der Waals surface area contributed by atoms with Gasteiger partial charge in [0.05, 0.1) is 17.8 Å². The van der Waals surface area contributed by atoms with Crippen LogP contribution in [0.15, 0.2) is 0 Å². The molecule has 0 radical (unpaired) electrons. The second-order valence-corrected chi connectivity index (χ2v) is 3.92. The van der Waals surface area contributed by atoms with Gasteiger partial charge in [0.1, 0.15) is 0 Å². The minimum atomic E-state index is -0.326. The Morgan fingerprint density at radius 3 is 2.69 bits per heavy atom. The van der Waals surface area contributed by atoms with E-state index in [2.05, 4.69) is 14.1 Å². The second kappa shape index (κ2) is 4.74. The molecule has 6 heteroatoms. The molecule has 4 nitrogen and oxygen atoms in total. The maximum Gasteiger partial charge on any atom is 0.186 e. The van der Waals surface area contributed by atoms with Crippen molar-refractivity contribution >= 4 is 29.1 Å². The van der Waals surface area contributed by atoms with Crippen molar-refractivity contribution in [3.63, 3.8) is 0 Å². The van der Waals surface area contributed by atoms with E-state index in [9.17, 15) is 0 Å². The fraction of sp³-hybridized carbons (Fsp3) is 0.714. The number of rotatable bonds is 4. The zero-order valence-electron chi connectivity index (χ0n) is 7.49. The van der Waals surface area contributed by atoms with Crippen LogP contribution in [0.25, 0.3) is 0 Å². The number of hydrogen-bond acceptors (Lipinski definition) is 5. The summed E-state index contributed by atoms with van der Waals surface area (Å²) < 4.78 is 7.79. The summed E-state index contributed by atoms with van der Waals surface area (Å²) in [6, 6.07) is 0.140. The number of hydrogen-bond donors (Lipinski definition) is 2. The molecular formula is C7H12ClN3OS. The maximum atomic E-state index is 9.11. The highest BCUT2D eigenvalue weighted by Gasteiger charge is 2.10. The van der Waals surface area contributed by atoms with Gasteiger partial charge in [-0.25, -0.2) is 0 Å². The van der Waals surface area contributed by atoms with Crippen molar-refractivity contribution in [3.8, 4) is 0 Å². The summed E-state index contributed by atoms with van der Waals surface area (Å²) in [5.74, 6) is 0.597. The van der Waals surface area contributed by atoms with Crippen LogP contribution in [-0.4, -0.2) is 26.0 Å². The molecule has 1 aromatic rings. The molecule has 1 heterocycles. The molecule has 0 aromatic carbocycles. The molecule has 2 atom stereocenters. The molecule has 74 valence electrons. The van der Waals surface area contributed by atoms with Gasteiger partial charge in [-0.3, -0.25) is 0 Å². The van der Waals surface area contributed by atoms with Crippen molar-refractivity contribution in [2.45, 2.75) is 32.4 Å².